The lowest BCUT2D eigenvalue weighted by Crippen LogP contribution is -2.42. The second-order valence-corrected chi connectivity index (χ2v) is 5.82. The van der Waals surface area contributed by atoms with E-state index in [2.05, 4.69) is 10.3 Å². The third-order valence-electron chi connectivity index (χ3n) is 3.99. The van der Waals surface area contributed by atoms with Crippen molar-refractivity contribution < 1.29 is 14.7 Å². The van der Waals surface area contributed by atoms with Crippen LogP contribution in [0.4, 0.5) is 0 Å². The summed E-state index contributed by atoms with van der Waals surface area (Å²) in [7, 11) is 0. The van der Waals surface area contributed by atoms with E-state index in [1.807, 2.05) is 18.2 Å². The molecule has 1 amide bonds. The molecule has 5 nitrogen and oxygen atoms in total. The van der Waals surface area contributed by atoms with Crippen molar-refractivity contribution >= 4 is 11.9 Å². The fourth-order valence-electron chi connectivity index (χ4n) is 2.55. The van der Waals surface area contributed by atoms with Crippen molar-refractivity contribution in [2.45, 2.75) is 31.2 Å². The molecule has 0 spiro atoms. The van der Waals surface area contributed by atoms with Gasteiger partial charge in [-0.2, -0.15) is 0 Å². The van der Waals surface area contributed by atoms with E-state index in [1.54, 1.807) is 30.6 Å². The van der Waals surface area contributed by atoms with E-state index in [0.29, 0.717) is 11.5 Å². The van der Waals surface area contributed by atoms with Gasteiger partial charge in [-0.05, 0) is 54.2 Å². The Morgan fingerprint density at radius 1 is 1.22 bits per heavy atom. The summed E-state index contributed by atoms with van der Waals surface area (Å²) < 4.78 is 0. The van der Waals surface area contributed by atoms with Gasteiger partial charge in [0, 0.05) is 24.4 Å². The highest BCUT2D eigenvalue weighted by Crippen LogP contribution is 2.40. The molecule has 0 radical (unpaired) electrons. The molecule has 1 fully saturated rings. The van der Waals surface area contributed by atoms with E-state index in [4.69, 9.17) is 0 Å². The minimum absolute atomic E-state index is 0.228. The van der Waals surface area contributed by atoms with Crippen LogP contribution in [0.15, 0.2) is 48.8 Å². The Morgan fingerprint density at radius 2 is 1.96 bits per heavy atom. The molecule has 0 bridgehead atoms. The number of carbonyl (C=O) groups excluding carboxylic acids is 1. The molecule has 2 N–H and O–H groups in total. The average molecular weight is 310 g/mol. The zero-order valence-electron chi connectivity index (χ0n) is 12.6. The number of amides is 1. The van der Waals surface area contributed by atoms with E-state index >= 15 is 0 Å². The third-order valence-corrected chi connectivity index (χ3v) is 3.99. The summed E-state index contributed by atoms with van der Waals surface area (Å²) in [5, 5.41) is 12.0. The Bertz CT molecular complexity index is 711. The van der Waals surface area contributed by atoms with E-state index in [9.17, 15) is 14.7 Å². The van der Waals surface area contributed by atoms with Crippen LogP contribution in [0.25, 0.3) is 0 Å². The van der Waals surface area contributed by atoms with Crippen molar-refractivity contribution in [3.63, 3.8) is 0 Å². The number of nitrogens with zero attached hydrogens (tertiary/aromatic N) is 1. The normalized spacial score (nSPS) is 15.0. The third kappa shape index (κ3) is 3.94. The summed E-state index contributed by atoms with van der Waals surface area (Å²) in [4.78, 5) is 27.7. The van der Waals surface area contributed by atoms with Gasteiger partial charge in [0.2, 0.25) is 0 Å². The summed E-state index contributed by atoms with van der Waals surface area (Å²) in [5.41, 5.74) is 2.48. The van der Waals surface area contributed by atoms with E-state index < -0.39 is 12.0 Å². The maximum Gasteiger partial charge on any atom is 0.326 e. The molecule has 1 atom stereocenters. The zero-order valence-corrected chi connectivity index (χ0v) is 12.6. The number of pyridine rings is 1. The van der Waals surface area contributed by atoms with Crippen LogP contribution < -0.4 is 5.32 Å². The van der Waals surface area contributed by atoms with Crippen LogP contribution in [-0.4, -0.2) is 28.0 Å². The number of nitrogens with one attached hydrogen (secondary N) is 1. The molecule has 0 saturated heterocycles. The van der Waals surface area contributed by atoms with Crippen LogP contribution in [0.1, 0.15) is 40.2 Å². The van der Waals surface area contributed by atoms with Gasteiger partial charge in [0.1, 0.15) is 6.04 Å². The Hall–Kier alpha value is -2.69. The van der Waals surface area contributed by atoms with Gasteiger partial charge < -0.3 is 10.4 Å². The molecule has 1 aromatic heterocycles. The lowest BCUT2D eigenvalue weighted by molar-refractivity contribution is -0.139. The number of hydrogen-bond donors (Lipinski definition) is 2. The predicted molar refractivity (Wildman–Crippen MR) is 85.2 cm³/mol. The number of rotatable bonds is 6. The van der Waals surface area contributed by atoms with Crippen molar-refractivity contribution in [2.75, 3.05) is 0 Å². The fraction of sp³-hybridized carbons (Fsp3) is 0.278. The molecule has 118 valence electrons. The SMILES string of the molecule is O=C(N[C@@H](Cc1ccncc1)C(=O)O)c1cccc(C2CC2)c1. The van der Waals surface area contributed by atoms with Gasteiger partial charge in [-0.15, -0.1) is 0 Å². The number of hydrogen-bond acceptors (Lipinski definition) is 3. The molecule has 23 heavy (non-hydrogen) atoms. The van der Waals surface area contributed by atoms with Gasteiger partial charge in [0.05, 0.1) is 0 Å². The second kappa shape index (κ2) is 6.60. The minimum Gasteiger partial charge on any atom is -0.480 e. The molecule has 2 aromatic rings. The molecule has 1 heterocycles. The van der Waals surface area contributed by atoms with Crippen LogP contribution in [0.3, 0.4) is 0 Å². The highest BCUT2D eigenvalue weighted by molar-refractivity contribution is 5.96. The first kappa shape index (κ1) is 15.2. The lowest BCUT2D eigenvalue weighted by atomic mass is 10.0. The maximum atomic E-state index is 12.4. The van der Waals surface area contributed by atoms with Gasteiger partial charge in [0.15, 0.2) is 0 Å². The fourth-order valence-corrected chi connectivity index (χ4v) is 2.55. The number of carboxylic acids is 1. The van der Waals surface area contributed by atoms with Gasteiger partial charge >= 0.3 is 5.97 Å². The molecule has 5 heteroatoms. The van der Waals surface area contributed by atoms with Crippen LogP contribution in [0.5, 0.6) is 0 Å². The summed E-state index contributed by atoms with van der Waals surface area (Å²) in [6.45, 7) is 0. The second-order valence-electron chi connectivity index (χ2n) is 5.82. The van der Waals surface area contributed by atoms with E-state index in [1.165, 1.54) is 0 Å². The molecule has 0 aliphatic heterocycles. The molecular formula is C18H18N2O3. The molecule has 1 saturated carbocycles. The zero-order chi connectivity index (χ0) is 16.2. The number of aromatic nitrogens is 1. The van der Waals surface area contributed by atoms with E-state index in [-0.39, 0.29) is 12.3 Å². The summed E-state index contributed by atoms with van der Waals surface area (Å²) in [5.74, 6) is -0.850. The number of carbonyl (C=O) groups is 2. The number of aliphatic carboxylic acids is 1. The number of benzene rings is 1. The monoisotopic (exact) mass is 310 g/mol. The van der Waals surface area contributed by atoms with Crippen molar-refractivity contribution in [3.05, 3.63) is 65.5 Å². The van der Waals surface area contributed by atoms with Crippen molar-refractivity contribution in [1.29, 1.82) is 0 Å². The van der Waals surface area contributed by atoms with Gasteiger partial charge in [-0.1, -0.05) is 12.1 Å². The van der Waals surface area contributed by atoms with E-state index in [0.717, 1.165) is 24.0 Å². The first-order valence-corrected chi connectivity index (χ1v) is 7.66. The van der Waals surface area contributed by atoms with Crippen LogP contribution >= 0.6 is 0 Å². The Labute approximate surface area is 134 Å². The standard InChI is InChI=1S/C18H18N2O3/c21-17(15-3-1-2-14(11-15)13-4-5-13)20-16(18(22)23)10-12-6-8-19-9-7-12/h1-3,6-9,11,13,16H,4-5,10H2,(H,20,21)(H,22,23)/t16-/m0/s1. The lowest BCUT2D eigenvalue weighted by Gasteiger charge is -2.15. The van der Waals surface area contributed by atoms with Gasteiger partial charge in [-0.3, -0.25) is 9.78 Å². The smallest absolute Gasteiger partial charge is 0.326 e. The number of carboxylic acid groups (broad SMARTS) is 1. The Kier molecular flexibility index (Phi) is 4.37. The molecule has 1 aliphatic rings. The van der Waals surface area contributed by atoms with Crippen molar-refractivity contribution in [1.82, 2.24) is 10.3 Å². The maximum absolute atomic E-state index is 12.4. The minimum atomic E-state index is -1.05. The topological polar surface area (TPSA) is 79.3 Å². The summed E-state index contributed by atoms with van der Waals surface area (Å²) in [6, 6.07) is 9.96. The molecular weight excluding hydrogens is 292 g/mol. The highest BCUT2D eigenvalue weighted by atomic mass is 16.4. The Balaban J connectivity index is 1.70. The van der Waals surface area contributed by atoms with Gasteiger partial charge in [-0.25, -0.2) is 4.79 Å². The predicted octanol–water partition coefficient (Wildman–Crippen LogP) is 2.38. The molecule has 0 unspecified atom stereocenters. The highest BCUT2D eigenvalue weighted by Gasteiger charge is 2.25. The first-order valence-electron chi connectivity index (χ1n) is 7.66. The molecule has 1 aromatic carbocycles. The van der Waals surface area contributed by atoms with Crippen molar-refractivity contribution in [3.8, 4) is 0 Å². The molecule has 3 rings (SSSR count). The quantitative estimate of drug-likeness (QED) is 0.858. The van der Waals surface area contributed by atoms with Crippen LogP contribution in [0.2, 0.25) is 0 Å². The molecule has 1 aliphatic carbocycles. The first-order chi connectivity index (χ1) is 11.1. The summed E-state index contributed by atoms with van der Waals surface area (Å²) in [6.07, 6.45) is 5.76. The van der Waals surface area contributed by atoms with Crippen LogP contribution in [-0.2, 0) is 11.2 Å². The van der Waals surface area contributed by atoms with Gasteiger partial charge in [0.25, 0.3) is 5.91 Å². The Morgan fingerprint density at radius 3 is 2.61 bits per heavy atom. The average Bonchev–Trinajstić information content (AvgIpc) is 3.40. The van der Waals surface area contributed by atoms with Crippen LogP contribution in [0, 0.1) is 0 Å². The largest absolute Gasteiger partial charge is 0.480 e. The van der Waals surface area contributed by atoms with Crippen molar-refractivity contribution in [2.24, 2.45) is 0 Å². The summed E-state index contributed by atoms with van der Waals surface area (Å²) >= 11 is 0.